The van der Waals surface area contributed by atoms with Crippen LogP contribution in [0, 0.1) is 0 Å². The van der Waals surface area contributed by atoms with E-state index in [0.717, 1.165) is 0 Å². The van der Waals surface area contributed by atoms with E-state index in [-0.39, 0.29) is 11.4 Å². The second kappa shape index (κ2) is 4.20. The van der Waals surface area contributed by atoms with Crippen LogP contribution in [0.25, 0.3) is 0 Å². The fourth-order valence-electron chi connectivity index (χ4n) is 0.789. The van der Waals surface area contributed by atoms with Crippen molar-refractivity contribution in [1.82, 2.24) is 4.98 Å². The largest absolute Gasteiger partial charge is 0.476 e. The van der Waals surface area contributed by atoms with Gasteiger partial charge in [0.15, 0.2) is 0 Å². The van der Waals surface area contributed by atoms with Gasteiger partial charge in [0, 0.05) is 6.20 Å². The lowest BCUT2D eigenvalue weighted by molar-refractivity contribution is -0.129. The fraction of sp³-hybridized carbons (Fsp3) is 0.125. The van der Waals surface area contributed by atoms with Crippen molar-refractivity contribution in [3.05, 3.63) is 30.1 Å². The van der Waals surface area contributed by atoms with Crippen molar-refractivity contribution < 1.29 is 14.7 Å². The molecule has 0 aromatic carbocycles. The first-order valence-corrected chi connectivity index (χ1v) is 3.51. The summed E-state index contributed by atoms with van der Waals surface area (Å²) in [6.07, 6.45) is 1.49. The molecular weight excluding hydrogens is 172 g/mol. The molecule has 0 saturated heterocycles. The lowest BCUT2D eigenvalue weighted by Crippen LogP contribution is -2.16. The zero-order chi connectivity index (χ0) is 9.68. The molecule has 0 saturated carbocycles. The van der Waals surface area contributed by atoms with Gasteiger partial charge in [-0.05, 0) is 12.1 Å². The summed E-state index contributed by atoms with van der Waals surface area (Å²) >= 11 is 0. The van der Waals surface area contributed by atoms with Gasteiger partial charge in [0.25, 0.3) is 0 Å². The molecule has 0 bridgehead atoms. The maximum absolute atomic E-state index is 10.6. The zero-order valence-electron chi connectivity index (χ0n) is 6.97. The van der Waals surface area contributed by atoms with Gasteiger partial charge in [-0.3, -0.25) is 4.98 Å². The van der Waals surface area contributed by atoms with Crippen LogP contribution in [0.4, 0.5) is 0 Å². The van der Waals surface area contributed by atoms with Crippen LogP contribution < -0.4 is 0 Å². The minimum absolute atomic E-state index is 0.205. The fourth-order valence-corrected chi connectivity index (χ4v) is 0.789. The highest BCUT2D eigenvalue weighted by Crippen LogP contribution is 1.97. The molecule has 0 atom stereocenters. The number of pyridine rings is 1. The maximum atomic E-state index is 10.6. The number of carboxylic acid groups (broad SMARTS) is 1. The predicted octanol–water partition coefficient (Wildman–Crippen LogP) is 0.517. The molecule has 0 aliphatic carbocycles. The quantitative estimate of drug-likeness (QED) is 0.543. The van der Waals surface area contributed by atoms with Gasteiger partial charge in [-0.15, -0.1) is 0 Å². The van der Waals surface area contributed by atoms with Crippen LogP contribution in [0.3, 0.4) is 0 Å². The molecule has 1 rings (SSSR count). The van der Waals surface area contributed by atoms with Crippen LogP contribution in [0.5, 0.6) is 0 Å². The minimum atomic E-state index is -1.17. The number of rotatable bonds is 3. The van der Waals surface area contributed by atoms with Crippen LogP contribution in [0.15, 0.2) is 29.6 Å². The smallest absolute Gasteiger partial charge is 0.360 e. The number of carbonyl (C=O) groups is 1. The number of aliphatic carboxylic acids is 1. The zero-order valence-corrected chi connectivity index (χ0v) is 6.97. The van der Waals surface area contributed by atoms with Crippen molar-refractivity contribution >= 4 is 11.7 Å². The Hall–Kier alpha value is -1.91. The van der Waals surface area contributed by atoms with Gasteiger partial charge in [0.2, 0.25) is 5.71 Å². The van der Waals surface area contributed by atoms with E-state index >= 15 is 0 Å². The van der Waals surface area contributed by atoms with Crippen molar-refractivity contribution in [1.29, 1.82) is 0 Å². The third-order valence-corrected chi connectivity index (χ3v) is 1.29. The molecule has 5 heteroatoms. The highest BCUT2D eigenvalue weighted by atomic mass is 16.6. The van der Waals surface area contributed by atoms with E-state index in [4.69, 9.17) is 5.11 Å². The second-order valence-corrected chi connectivity index (χ2v) is 2.14. The highest BCUT2D eigenvalue weighted by molar-refractivity contribution is 6.41. The first kappa shape index (κ1) is 9.18. The van der Waals surface area contributed by atoms with Crippen LogP contribution in [0.1, 0.15) is 5.69 Å². The maximum Gasteiger partial charge on any atom is 0.360 e. The average molecular weight is 180 g/mol. The molecule has 0 unspecified atom stereocenters. The average Bonchev–Trinajstić information content (AvgIpc) is 2.15. The molecule has 1 aromatic heterocycles. The number of hydrogen-bond donors (Lipinski definition) is 1. The third-order valence-electron chi connectivity index (χ3n) is 1.29. The Balaban J connectivity index is 3.03. The van der Waals surface area contributed by atoms with Crippen LogP contribution in [0.2, 0.25) is 0 Å². The van der Waals surface area contributed by atoms with E-state index in [1.54, 1.807) is 18.2 Å². The standard InChI is InChI=1S/C8H8N2O3/c1-13-10-7(8(11)12)6-4-2-3-5-9-6/h2-5H,1H3,(H,11,12)/b10-7+. The molecular formula is C8H8N2O3. The summed E-state index contributed by atoms with van der Waals surface area (Å²) in [4.78, 5) is 18.9. The van der Waals surface area contributed by atoms with Gasteiger partial charge in [-0.1, -0.05) is 11.2 Å². The topological polar surface area (TPSA) is 71.8 Å². The summed E-state index contributed by atoms with van der Waals surface area (Å²) in [6, 6.07) is 4.91. The summed E-state index contributed by atoms with van der Waals surface area (Å²) < 4.78 is 0. The minimum Gasteiger partial charge on any atom is -0.476 e. The van der Waals surface area contributed by atoms with Crippen LogP contribution >= 0.6 is 0 Å². The van der Waals surface area contributed by atoms with Crippen molar-refractivity contribution in [3.8, 4) is 0 Å². The molecule has 0 aliphatic heterocycles. The van der Waals surface area contributed by atoms with E-state index in [9.17, 15) is 4.79 Å². The molecule has 1 aromatic rings. The van der Waals surface area contributed by atoms with Gasteiger partial charge < -0.3 is 9.94 Å². The molecule has 68 valence electrons. The molecule has 0 radical (unpaired) electrons. The summed E-state index contributed by atoms with van der Waals surface area (Å²) in [7, 11) is 1.28. The molecule has 0 amide bonds. The van der Waals surface area contributed by atoms with E-state index in [1.165, 1.54) is 13.3 Å². The van der Waals surface area contributed by atoms with E-state index < -0.39 is 5.97 Å². The van der Waals surface area contributed by atoms with Gasteiger partial charge in [-0.25, -0.2) is 4.79 Å². The van der Waals surface area contributed by atoms with E-state index in [0.29, 0.717) is 0 Å². The van der Waals surface area contributed by atoms with Crippen molar-refractivity contribution in [2.75, 3.05) is 7.11 Å². The van der Waals surface area contributed by atoms with E-state index in [2.05, 4.69) is 15.0 Å². The van der Waals surface area contributed by atoms with Crippen molar-refractivity contribution in [3.63, 3.8) is 0 Å². The predicted molar refractivity (Wildman–Crippen MR) is 45.4 cm³/mol. The Morgan fingerprint density at radius 1 is 1.62 bits per heavy atom. The first-order valence-electron chi connectivity index (χ1n) is 3.51. The van der Waals surface area contributed by atoms with Crippen molar-refractivity contribution in [2.24, 2.45) is 5.16 Å². The van der Waals surface area contributed by atoms with Gasteiger partial charge in [-0.2, -0.15) is 0 Å². The number of hydrogen-bond acceptors (Lipinski definition) is 4. The summed E-state index contributed by atoms with van der Waals surface area (Å²) in [6.45, 7) is 0. The first-order chi connectivity index (χ1) is 6.25. The lowest BCUT2D eigenvalue weighted by atomic mass is 10.2. The number of nitrogens with zero attached hydrogens (tertiary/aromatic N) is 2. The second-order valence-electron chi connectivity index (χ2n) is 2.14. The summed E-state index contributed by atoms with van der Waals surface area (Å²) in [5.41, 5.74) is 0.0694. The van der Waals surface area contributed by atoms with Gasteiger partial charge >= 0.3 is 5.97 Å². The molecule has 1 N–H and O–H groups in total. The van der Waals surface area contributed by atoms with Crippen LogP contribution in [-0.4, -0.2) is 28.9 Å². The Bertz CT molecular complexity index is 321. The van der Waals surface area contributed by atoms with Crippen molar-refractivity contribution in [2.45, 2.75) is 0 Å². The monoisotopic (exact) mass is 180 g/mol. The number of oxime groups is 1. The normalized spacial score (nSPS) is 11.0. The molecule has 0 aliphatic rings. The molecule has 1 heterocycles. The summed E-state index contributed by atoms with van der Waals surface area (Å²) in [5.74, 6) is -1.17. The number of aromatic nitrogens is 1. The lowest BCUT2D eigenvalue weighted by Gasteiger charge is -1.97. The molecule has 13 heavy (non-hydrogen) atoms. The van der Waals surface area contributed by atoms with Crippen LogP contribution in [-0.2, 0) is 9.63 Å². The Morgan fingerprint density at radius 3 is 2.85 bits per heavy atom. The third kappa shape index (κ3) is 2.26. The Kier molecular flexibility index (Phi) is 2.97. The molecule has 0 spiro atoms. The van der Waals surface area contributed by atoms with E-state index in [1.807, 2.05) is 0 Å². The molecule has 0 fully saturated rings. The Morgan fingerprint density at radius 2 is 2.38 bits per heavy atom. The van der Waals surface area contributed by atoms with Gasteiger partial charge in [0.05, 0.1) is 5.69 Å². The highest BCUT2D eigenvalue weighted by Gasteiger charge is 2.13. The molecule has 5 nitrogen and oxygen atoms in total. The summed E-state index contributed by atoms with van der Waals surface area (Å²) in [5, 5.41) is 12.1. The SMILES string of the molecule is CO/N=C(/C(=O)O)c1ccccn1. The number of carboxylic acids is 1. The van der Waals surface area contributed by atoms with Gasteiger partial charge in [0.1, 0.15) is 7.11 Å². The Labute approximate surface area is 74.7 Å².